The van der Waals surface area contributed by atoms with Gasteiger partial charge in [0.1, 0.15) is 23.9 Å². The first-order chi connectivity index (χ1) is 15.9. The molecule has 0 saturated heterocycles. The summed E-state index contributed by atoms with van der Waals surface area (Å²) in [6.07, 6.45) is 1.89. The Hall–Kier alpha value is -3.16. The maximum atomic E-state index is 5.99. The van der Waals surface area contributed by atoms with Gasteiger partial charge in [-0.05, 0) is 54.1 Å². The molecule has 0 radical (unpaired) electrons. The summed E-state index contributed by atoms with van der Waals surface area (Å²) < 4.78 is 18.5. The molecule has 4 rings (SSSR count). The molecule has 2 aromatic heterocycles. The Morgan fingerprint density at radius 1 is 0.818 bits per heavy atom. The molecule has 0 atom stereocenters. The summed E-state index contributed by atoms with van der Waals surface area (Å²) in [4.78, 5) is 4.78. The molecule has 0 aliphatic rings. The van der Waals surface area contributed by atoms with Gasteiger partial charge in [0.25, 0.3) is 0 Å². The highest BCUT2D eigenvalue weighted by atomic mass is 28.3. The van der Waals surface area contributed by atoms with Crippen LogP contribution in [0.5, 0.6) is 11.5 Å². The Balaban J connectivity index is 1.71. The molecule has 33 heavy (non-hydrogen) atoms. The quantitative estimate of drug-likeness (QED) is 0.223. The van der Waals surface area contributed by atoms with Gasteiger partial charge in [-0.2, -0.15) is 5.10 Å². The average Bonchev–Trinajstić information content (AvgIpc) is 3.19. The van der Waals surface area contributed by atoms with Crippen LogP contribution in [0.25, 0.3) is 33.4 Å². The van der Waals surface area contributed by atoms with Crippen molar-refractivity contribution >= 4 is 19.1 Å². The van der Waals surface area contributed by atoms with Gasteiger partial charge >= 0.3 is 0 Å². The lowest BCUT2D eigenvalue weighted by Gasteiger charge is -2.15. The molecule has 0 unspecified atom stereocenters. The topological polar surface area (TPSA) is 58.4 Å². The van der Waals surface area contributed by atoms with Gasteiger partial charge in [-0.25, -0.2) is 9.67 Å². The highest BCUT2D eigenvalue weighted by Crippen LogP contribution is 2.32. The molecular formula is C26H31N3O3Si. The van der Waals surface area contributed by atoms with Crippen molar-refractivity contribution in [3.8, 4) is 33.9 Å². The number of rotatable bonds is 9. The lowest BCUT2D eigenvalue weighted by atomic mass is 10.0. The second-order valence-electron chi connectivity index (χ2n) is 9.25. The van der Waals surface area contributed by atoms with Crippen LogP contribution in [0.2, 0.25) is 25.7 Å². The minimum Gasteiger partial charge on any atom is -0.497 e. The number of hydrogen-bond donors (Lipinski definition) is 0. The summed E-state index contributed by atoms with van der Waals surface area (Å²) in [5, 5.41) is 5.88. The Labute approximate surface area is 196 Å². The number of benzene rings is 2. The molecular weight excluding hydrogens is 430 g/mol. The summed E-state index contributed by atoms with van der Waals surface area (Å²) >= 11 is 0. The first-order valence-corrected chi connectivity index (χ1v) is 14.8. The zero-order valence-electron chi connectivity index (χ0n) is 20.0. The molecule has 4 aromatic rings. The summed E-state index contributed by atoms with van der Waals surface area (Å²) in [6.45, 7) is 8.17. The van der Waals surface area contributed by atoms with E-state index in [0.717, 1.165) is 57.6 Å². The molecule has 0 spiro atoms. The third-order valence-electron chi connectivity index (χ3n) is 5.58. The highest BCUT2D eigenvalue weighted by molar-refractivity contribution is 6.76. The zero-order valence-corrected chi connectivity index (χ0v) is 21.0. The van der Waals surface area contributed by atoms with Gasteiger partial charge in [-0.3, -0.25) is 0 Å². The molecule has 0 N–H and O–H groups in total. The zero-order chi connectivity index (χ0) is 23.4. The first-order valence-electron chi connectivity index (χ1n) is 11.1. The highest BCUT2D eigenvalue weighted by Gasteiger charge is 2.16. The van der Waals surface area contributed by atoms with Crippen molar-refractivity contribution < 1.29 is 14.2 Å². The second-order valence-corrected chi connectivity index (χ2v) is 14.9. The summed E-state index contributed by atoms with van der Waals surface area (Å²) in [6, 6.07) is 19.2. The van der Waals surface area contributed by atoms with Crippen molar-refractivity contribution in [3.05, 3.63) is 60.8 Å². The molecule has 0 saturated carbocycles. The first kappa shape index (κ1) is 23.0. The third-order valence-corrected chi connectivity index (χ3v) is 7.29. The third kappa shape index (κ3) is 5.43. The summed E-state index contributed by atoms with van der Waals surface area (Å²) in [7, 11) is 2.19. The van der Waals surface area contributed by atoms with Gasteiger partial charge in [-0.15, -0.1) is 0 Å². The van der Waals surface area contributed by atoms with E-state index in [4.69, 9.17) is 24.3 Å². The molecule has 6 nitrogen and oxygen atoms in total. The van der Waals surface area contributed by atoms with Gasteiger partial charge in [0.2, 0.25) is 0 Å². The number of aromatic nitrogens is 3. The monoisotopic (exact) mass is 461 g/mol. The Bertz CT molecular complexity index is 1210. The minimum absolute atomic E-state index is 0.381. The van der Waals surface area contributed by atoms with E-state index in [1.165, 1.54) is 0 Å². The molecule has 0 aliphatic carbocycles. The van der Waals surface area contributed by atoms with Crippen molar-refractivity contribution in [1.82, 2.24) is 14.8 Å². The lowest BCUT2D eigenvalue weighted by molar-refractivity contribution is 0.0814. The summed E-state index contributed by atoms with van der Waals surface area (Å²) in [5.41, 5.74) is 4.80. The van der Waals surface area contributed by atoms with E-state index in [0.29, 0.717) is 6.73 Å². The van der Waals surface area contributed by atoms with Crippen molar-refractivity contribution in [2.75, 3.05) is 20.8 Å². The van der Waals surface area contributed by atoms with Crippen LogP contribution in [-0.2, 0) is 11.5 Å². The number of hydrogen-bond acceptors (Lipinski definition) is 5. The van der Waals surface area contributed by atoms with Gasteiger partial charge in [0, 0.05) is 37.4 Å². The number of pyridine rings is 1. The largest absolute Gasteiger partial charge is 0.497 e. The van der Waals surface area contributed by atoms with Gasteiger partial charge < -0.3 is 14.2 Å². The SMILES string of the molecule is COc1ccc(-c2cnc3c(c2)c(-c2ccc(OC)cc2)nn3COCC[Si](C)(C)C)cc1. The molecule has 0 fully saturated rings. The fourth-order valence-corrected chi connectivity index (χ4v) is 4.34. The van der Waals surface area contributed by atoms with Gasteiger partial charge in [-0.1, -0.05) is 31.8 Å². The molecule has 172 valence electrons. The van der Waals surface area contributed by atoms with Crippen LogP contribution in [0.1, 0.15) is 0 Å². The standard InChI is InChI=1S/C26H31N3O3Si/c1-30-22-10-6-19(7-11-22)21-16-24-25(20-8-12-23(31-2)13-9-20)28-29(26(24)27-17-21)18-32-14-15-33(3,4)5/h6-13,16-17H,14-15,18H2,1-5H3. The maximum absolute atomic E-state index is 5.99. The number of methoxy groups -OCH3 is 2. The second kappa shape index (κ2) is 9.76. The number of ether oxygens (including phenoxy) is 3. The van der Waals surface area contributed by atoms with E-state index in [-0.39, 0.29) is 0 Å². The smallest absolute Gasteiger partial charge is 0.160 e. The van der Waals surface area contributed by atoms with Crippen molar-refractivity contribution in [3.63, 3.8) is 0 Å². The van der Waals surface area contributed by atoms with E-state index in [1.54, 1.807) is 14.2 Å². The molecule has 0 bridgehead atoms. The molecule has 0 aliphatic heterocycles. The van der Waals surface area contributed by atoms with Gasteiger partial charge in [0.05, 0.1) is 14.2 Å². The maximum Gasteiger partial charge on any atom is 0.160 e. The Morgan fingerprint density at radius 3 is 2.00 bits per heavy atom. The van der Waals surface area contributed by atoms with E-state index >= 15 is 0 Å². The average molecular weight is 462 g/mol. The fourth-order valence-electron chi connectivity index (χ4n) is 3.58. The fraction of sp³-hybridized carbons (Fsp3) is 0.308. The van der Waals surface area contributed by atoms with Crippen LogP contribution in [0.4, 0.5) is 0 Å². The number of fused-ring (bicyclic) bond motifs is 1. The van der Waals surface area contributed by atoms with E-state index in [9.17, 15) is 0 Å². The van der Waals surface area contributed by atoms with Crippen LogP contribution in [-0.4, -0.2) is 43.7 Å². The number of nitrogens with zero attached hydrogens (tertiary/aromatic N) is 3. The van der Waals surface area contributed by atoms with Crippen LogP contribution in [0.3, 0.4) is 0 Å². The van der Waals surface area contributed by atoms with Crippen molar-refractivity contribution in [2.24, 2.45) is 0 Å². The van der Waals surface area contributed by atoms with Crippen molar-refractivity contribution in [2.45, 2.75) is 32.4 Å². The van der Waals surface area contributed by atoms with Crippen molar-refractivity contribution in [1.29, 1.82) is 0 Å². The predicted octanol–water partition coefficient (Wildman–Crippen LogP) is 6.09. The molecule has 7 heteroatoms. The van der Waals surface area contributed by atoms with Crippen LogP contribution in [0, 0.1) is 0 Å². The summed E-state index contributed by atoms with van der Waals surface area (Å²) in [5.74, 6) is 1.64. The van der Waals surface area contributed by atoms with Crippen LogP contribution < -0.4 is 9.47 Å². The minimum atomic E-state index is -1.15. The lowest BCUT2D eigenvalue weighted by Crippen LogP contribution is -2.22. The Morgan fingerprint density at radius 2 is 1.42 bits per heavy atom. The Kier molecular flexibility index (Phi) is 6.81. The molecule has 0 amide bonds. The van der Waals surface area contributed by atoms with E-state index in [2.05, 4.69) is 25.7 Å². The van der Waals surface area contributed by atoms with E-state index in [1.807, 2.05) is 59.4 Å². The van der Waals surface area contributed by atoms with E-state index < -0.39 is 8.07 Å². The van der Waals surface area contributed by atoms with Crippen LogP contribution in [0.15, 0.2) is 60.8 Å². The molecule has 2 heterocycles. The molecule has 2 aromatic carbocycles. The van der Waals surface area contributed by atoms with Gasteiger partial charge in [0.15, 0.2) is 5.65 Å². The normalized spacial score (nSPS) is 11.7. The predicted molar refractivity (Wildman–Crippen MR) is 136 cm³/mol. The van der Waals surface area contributed by atoms with Crippen LogP contribution >= 0.6 is 0 Å².